The predicted octanol–water partition coefficient (Wildman–Crippen LogP) is 5.99. The summed E-state index contributed by atoms with van der Waals surface area (Å²) in [7, 11) is 0. The molecular formula is C22H36O. The third-order valence-corrected chi connectivity index (χ3v) is 8.73. The van der Waals surface area contributed by atoms with Crippen molar-refractivity contribution in [2.75, 3.05) is 13.2 Å². The van der Waals surface area contributed by atoms with Gasteiger partial charge in [0.15, 0.2) is 0 Å². The van der Waals surface area contributed by atoms with Gasteiger partial charge in [0.1, 0.15) is 0 Å². The van der Waals surface area contributed by atoms with E-state index >= 15 is 0 Å². The van der Waals surface area contributed by atoms with Gasteiger partial charge in [0, 0.05) is 0 Å². The topological polar surface area (TPSA) is 9.23 Å². The number of hydrogen-bond acceptors (Lipinski definition) is 1. The van der Waals surface area contributed by atoms with Crippen molar-refractivity contribution in [2.24, 2.45) is 34.5 Å². The first-order chi connectivity index (χ1) is 11.2. The maximum Gasteiger partial charge on any atom is 0.0645 e. The van der Waals surface area contributed by atoms with E-state index in [9.17, 15) is 0 Å². The molecule has 4 saturated carbocycles. The third-order valence-electron chi connectivity index (χ3n) is 8.73. The maximum atomic E-state index is 6.02. The molecule has 1 heteroatoms. The van der Waals surface area contributed by atoms with E-state index in [1.54, 1.807) is 0 Å². The van der Waals surface area contributed by atoms with Crippen molar-refractivity contribution >= 4 is 0 Å². The first-order valence-electron chi connectivity index (χ1n) is 10.4. The smallest absolute Gasteiger partial charge is 0.0645 e. The molecule has 0 bridgehead atoms. The molecule has 0 saturated heterocycles. The second-order valence-electron chi connectivity index (χ2n) is 9.50. The van der Waals surface area contributed by atoms with Crippen LogP contribution in [0.4, 0.5) is 0 Å². The summed E-state index contributed by atoms with van der Waals surface area (Å²) >= 11 is 0. The quantitative estimate of drug-likeness (QED) is 0.457. The molecule has 0 spiro atoms. The lowest BCUT2D eigenvalue weighted by Gasteiger charge is -2.60. The fourth-order valence-corrected chi connectivity index (χ4v) is 7.69. The molecule has 0 N–H and O–H groups in total. The fourth-order valence-electron chi connectivity index (χ4n) is 7.69. The van der Waals surface area contributed by atoms with E-state index < -0.39 is 0 Å². The molecule has 0 aromatic rings. The van der Waals surface area contributed by atoms with E-state index in [2.05, 4.69) is 13.5 Å². The Bertz CT molecular complexity index is 443. The predicted molar refractivity (Wildman–Crippen MR) is 96.3 cm³/mol. The zero-order valence-electron chi connectivity index (χ0n) is 15.2. The second-order valence-corrected chi connectivity index (χ2v) is 9.50. The standard InChI is InChI=1S/C22H36O/c1-3-15-23-16-22-13-6-8-20(22)18-10-9-17-7-4-5-12-21(17,2)19(18)11-14-22/h3,17-20H,1,4-16H2,2H3/t17-,18-,19+,20+,21+,22+/m1/s1. The Balaban J connectivity index is 1.55. The third kappa shape index (κ3) is 2.53. The van der Waals surface area contributed by atoms with E-state index in [1.165, 1.54) is 70.6 Å². The number of ether oxygens (including phenoxy) is 1. The molecular weight excluding hydrogens is 280 g/mol. The molecule has 0 radical (unpaired) electrons. The highest BCUT2D eigenvalue weighted by Crippen LogP contribution is 2.66. The summed E-state index contributed by atoms with van der Waals surface area (Å²) in [6.45, 7) is 8.25. The molecule has 23 heavy (non-hydrogen) atoms. The summed E-state index contributed by atoms with van der Waals surface area (Å²) in [5.41, 5.74) is 1.21. The minimum absolute atomic E-state index is 0.530. The van der Waals surface area contributed by atoms with E-state index in [4.69, 9.17) is 4.74 Å². The van der Waals surface area contributed by atoms with Crippen molar-refractivity contribution in [3.8, 4) is 0 Å². The van der Waals surface area contributed by atoms with E-state index in [-0.39, 0.29) is 0 Å². The van der Waals surface area contributed by atoms with Gasteiger partial charge in [-0.1, -0.05) is 32.3 Å². The summed E-state index contributed by atoms with van der Waals surface area (Å²) in [4.78, 5) is 0. The number of rotatable bonds is 4. The van der Waals surface area contributed by atoms with Crippen molar-refractivity contribution in [1.29, 1.82) is 0 Å². The Morgan fingerprint density at radius 2 is 1.87 bits per heavy atom. The normalized spacial score (nSPS) is 49.1. The summed E-state index contributed by atoms with van der Waals surface area (Å²) < 4.78 is 6.02. The van der Waals surface area contributed by atoms with Crippen molar-refractivity contribution in [1.82, 2.24) is 0 Å². The summed E-state index contributed by atoms with van der Waals surface area (Å²) in [5.74, 6) is 4.05. The molecule has 6 atom stereocenters. The average molecular weight is 317 g/mol. The van der Waals surface area contributed by atoms with Crippen LogP contribution in [0.15, 0.2) is 12.7 Å². The van der Waals surface area contributed by atoms with Gasteiger partial charge in [0.25, 0.3) is 0 Å². The molecule has 0 aromatic carbocycles. The zero-order chi connectivity index (χ0) is 15.9. The molecule has 4 rings (SSSR count). The molecule has 4 aliphatic rings. The molecule has 0 amide bonds. The molecule has 1 nitrogen and oxygen atoms in total. The SMILES string of the molecule is C=CCOC[C@@]12CCC[C@H]1[C@@H]1CC[C@H]3CCCC[C@]3(C)[C@H]1CC2. The van der Waals surface area contributed by atoms with Gasteiger partial charge >= 0.3 is 0 Å². The average Bonchev–Trinajstić information content (AvgIpc) is 2.99. The van der Waals surface area contributed by atoms with Crippen LogP contribution in [0.3, 0.4) is 0 Å². The number of fused-ring (bicyclic) bond motifs is 5. The lowest BCUT2D eigenvalue weighted by molar-refractivity contribution is -0.122. The fraction of sp³-hybridized carbons (Fsp3) is 0.909. The summed E-state index contributed by atoms with van der Waals surface area (Å²) in [5, 5.41) is 0. The summed E-state index contributed by atoms with van der Waals surface area (Å²) in [6, 6.07) is 0. The van der Waals surface area contributed by atoms with Crippen LogP contribution in [0.25, 0.3) is 0 Å². The van der Waals surface area contributed by atoms with Crippen molar-refractivity contribution in [2.45, 2.75) is 77.6 Å². The lowest BCUT2D eigenvalue weighted by atomic mass is 9.45. The zero-order valence-corrected chi connectivity index (χ0v) is 15.2. The van der Waals surface area contributed by atoms with Crippen LogP contribution in [0.1, 0.15) is 77.6 Å². The van der Waals surface area contributed by atoms with E-state index in [1.807, 2.05) is 6.08 Å². The van der Waals surface area contributed by atoms with Gasteiger partial charge in [-0.2, -0.15) is 0 Å². The van der Waals surface area contributed by atoms with Crippen LogP contribution in [0, 0.1) is 34.5 Å². The van der Waals surface area contributed by atoms with Gasteiger partial charge in [-0.05, 0) is 85.9 Å². The van der Waals surface area contributed by atoms with Crippen molar-refractivity contribution < 1.29 is 4.74 Å². The lowest BCUT2D eigenvalue weighted by Crippen LogP contribution is -2.53. The molecule has 0 aliphatic heterocycles. The Hall–Kier alpha value is -0.300. The van der Waals surface area contributed by atoms with Crippen LogP contribution in [-0.4, -0.2) is 13.2 Å². The first-order valence-corrected chi connectivity index (χ1v) is 10.4. The van der Waals surface area contributed by atoms with E-state index in [0.29, 0.717) is 10.8 Å². The van der Waals surface area contributed by atoms with Crippen molar-refractivity contribution in [3.05, 3.63) is 12.7 Å². The Morgan fingerprint density at radius 1 is 0.957 bits per heavy atom. The molecule has 4 fully saturated rings. The van der Waals surface area contributed by atoms with Crippen molar-refractivity contribution in [3.63, 3.8) is 0 Å². The molecule has 0 unspecified atom stereocenters. The van der Waals surface area contributed by atoms with Gasteiger partial charge < -0.3 is 4.74 Å². The second kappa shape index (κ2) is 6.21. The molecule has 130 valence electrons. The van der Waals surface area contributed by atoms with Crippen LogP contribution < -0.4 is 0 Å². The van der Waals surface area contributed by atoms with Crippen LogP contribution >= 0.6 is 0 Å². The van der Waals surface area contributed by atoms with Gasteiger partial charge in [-0.25, -0.2) is 0 Å². The highest BCUT2D eigenvalue weighted by molar-refractivity contribution is 5.07. The minimum atomic E-state index is 0.530. The van der Waals surface area contributed by atoms with Gasteiger partial charge in [-0.15, -0.1) is 6.58 Å². The highest BCUT2D eigenvalue weighted by Gasteiger charge is 2.58. The largest absolute Gasteiger partial charge is 0.377 e. The van der Waals surface area contributed by atoms with Gasteiger partial charge in [0.2, 0.25) is 0 Å². The molecule has 4 aliphatic carbocycles. The van der Waals surface area contributed by atoms with Crippen LogP contribution in [0.5, 0.6) is 0 Å². The molecule has 0 aromatic heterocycles. The highest BCUT2D eigenvalue weighted by atomic mass is 16.5. The van der Waals surface area contributed by atoms with Crippen LogP contribution in [-0.2, 0) is 4.74 Å². The number of hydrogen-bond donors (Lipinski definition) is 0. The monoisotopic (exact) mass is 316 g/mol. The van der Waals surface area contributed by atoms with Gasteiger partial charge in [-0.3, -0.25) is 0 Å². The Morgan fingerprint density at radius 3 is 2.74 bits per heavy atom. The van der Waals surface area contributed by atoms with Crippen LogP contribution in [0.2, 0.25) is 0 Å². The van der Waals surface area contributed by atoms with E-state index in [0.717, 1.165) is 36.9 Å². The minimum Gasteiger partial charge on any atom is -0.377 e. The maximum absolute atomic E-state index is 6.02. The Labute approximate surface area is 143 Å². The first kappa shape index (κ1) is 16.2. The van der Waals surface area contributed by atoms with Gasteiger partial charge in [0.05, 0.1) is 13.2 Å². The Kier molecular flexibility index (Phi) is 4.37. The summed E-state index contributed by atoms with van der Waals surface area (Å²) in [6.07, 6.45) is 18.3. The molecule has 0 heterocycles.